The number of hydrogen-bond donors (Lipinski definition) is 1. The molecule has 166 valence electrons. The van der Waals surface area contributed by atoms with Gasteiger partial charge in [-0.05, 0) is 38.5 Å². The number of carbonyl (C=O) groups is 1. The Kier molecular flexibility index (Phi) is 17.6. The van der Waals surface area contributed by atoms with Crippen molar-refractivity contribution in [2.45, 2.75) is 115 Å². The van der Waals surface area contributed by atoms with Crippen LogP contribution in [0.5, 0.6) is 0 Å². The first-order chi connectivity index (χ1) is 13.4. The highest BCUT2D eigenvalue weighted by atomic mass is 32.2. The maximum absolute atomic E-state index is 11.9. The molecule has 0 aromatic heterocycles. The second-order valence-corrected chi connectivity index (χ2v) is 9.14. The Morgan fingerprint density at radius 3 is 1.86 bits per heavy atom. The predicted molar refractivity (Wildman–Crippen MR) is 116 cm³/mol. The van der Waals surface area contributed by atoms with Crippen LogP contribution in [0.25, 0.3) is 0 Å². The zero-order chi connectivity index (χ0) is 21.1. The molecule has 5 nitrogen and oxygen atoms in total. The van der Waals surface area contributed by atoms with E-state index in [4.69, 9.17) is 4.74 Å². The predicted octanol–water partition coefficient (Wildman–Crippen LogP) is 6.23. The minimum absolute atomic E-state index is 0.123. The number of esters is 1. The van der Waals surface area contributed by atoms with Crippen LogP contribution >= 0.6 is 0 Å². The van der Waals surface area contributed by atoms with Crippen molar-refractivity contribution in [1.29, 1.82) is 0 Å². The molecule has 0 heterocycles. The molecule has 1 atom stereocenters. The Morgan fingerprint density at radius 2 is 1.32 bits per heavy atom. The van der Waals surface area contributed by atoms with E-state index in [0.29, 0.717) is 12.8 Å². The van der Waals surface area contributed by atoms with E-state index in [2.05, 4.69) is 19.1 Å². The second kappa shape index (κ2) is 18.2. The molecule has 0 aliphatic rings. The van der Waals surface area contributed by atoms with Gasteiger partial charge < -0.3 is 4.74 Å². The van der Waals surface area contributed by atoms with Crippen LogP contribution in [0, 0.1) is 0 Å². The van der Waals surface area contributed by atoms with Crippen LogP contribution in [0.15, 0.2) is 12.2 Å². The van der Waals surface area contributed by atoms with Crippen molar-refractivity contribution in [3.05, 3.63) is 12.2 Å². The molecule has 0 amide bonds. The van der Waals surface area contributed by atoms with Gasteiger partial charge >= 0.3 is 5.97 Å². The highest BCUT2D eigenvalue weighted by Gasteiger charge is 2.31. The Balaban J connectivity index is 3.77. The van der Waals surface area contributed by atoms with E-state index >= 15 is 0 Å². The van der Waals surface area contributed by atoms with E-state index in [9.17, 15) is 17.8 Å². The molecule has 0 aromatic rings. The smallest absolute Gasteiger partial charge is 0.326 e. The maximum atomic E-state index is 11.9. The van der Waals surface area contributed by atoms with Crippen molar-refractivity contribution in [3.63, 3.8) is 0 Å². The minimum Gasteiger partial charge on any atom is -0.465 e. The molecule has 0 aliphatic heterocycles. The summed E-state index contributed by atoms with van der Waals surface area (Å²) in [5.74, 6) is -0.825. The van der Waals surface area contributed by atoms with Gasteiger partial charge in [0.25, 0.3) is 10.1 Å². The molecule has 0 rings (SSSR count). The summed E-state index contributed by atoms with van der Waals surface area (Å²) in [4.78, 5) is 11.9. The normalized spacial score (nSPS) is 13.1. The molecule has 0 radical (unpaired) electrons. The highest BCUT2D eigenvalue weighted by molar-refractivity contribution is 7.87. The van der Waals surface area contributed by atoms with Crippen LogP contribution in [0.4, 0.5) is 0 Å². The van der Waals surface area contributed by atoms with Crippen molar-refractivity contribution in [2.75, 3.05) is 6.61 Å². The summed E-state index contributed by atoms with van der Waals surface area (Å²) in [6.07, 6.45) is 19.8. The van der Waals surface area contributed by atoms with Crippen LogP contribution in [0.2, 0.25) is 0 Å². The molecule has 0 aliphatic carbocycles. The molecule has 0 bridgehead atoms. The number of rotatable bonds is 19. The molecule has 0 saturated heterocycles. The Labute approximate surface area is 173 Å². The van der Waals surface area contributed by atoms with E-state index in [1.807, 2.05) is 6.92 Å². The van der Waals surface area contributed by atoms with Crippen molar-refractivity contribution < 1.29 is 22.5 Å². The van der Waals surface area contributed by atoms with E-state index in [0.717, 1.165) is 38.5 Å². The SMILES string of the molecule is CCCCCCCC/C=C\CCCCCCC(C(=O)OCCCC)S(=O)(=O)O. The molecular weight excluding hydrogens is 376 g/mol. The van der Waals surface area contributed by atoms with Gasteiger partial charge in [-0.3, -0.25) is 9.35 Å². The van der Waals surface area contributed by atoms with Crippen molar-refractivity contribution in [1.82, 2.24) is 0 Å². The summed E-state index contributed by atoms with van der Waals surface area (Å²) in [6.45, 7) is 4.39. The van der Waals surface area contributed by atoms with E-state index in [1.54, 1.807) is 0 Å². The number of unbranched alkanes of at least 4 members (excludes halogenated alkanes) is 11. The first-order valence-corrected chi connectivity index (χ1v) is 12.7. The summed E-state index contributed by atoms with van der Waals surface area (Å²) in [5, 5.41) is -1.44. The molecule has 0 aromatic carbocycles. The third-order valence-corrected chi connectivity index (χ3v) is 5.99. The van der Waals surface area contributed by atoms with E-state index < -0.39 is 21.3 Å². The number of hydrogen-bond acceptors (Lipinski definition) is 4. The monoisotopic (exact) mass is 418 g/mol. The van der Waals surface area contributed by atoms with Gasteiger partial charge in [0.2, 0.25) is 0 Å². The quantitative estimate of drug-likeness (QED) is 0.116. The maximum Gasteiger partial charge on any atom is 0.326 e. The van der Waals surface area contributed by atoms with E-state index in [1.165, 1.54) is 38.5 Å². The molecule has 1 N–H and O–H groups in total. The number of ether oxygens (including phenoxy) is 1. The fourth-order valence-electron chi connectivity index (χ4n) is 3.02. The topological polar surface area (TPSA) is 80.7 Å². The fourth-order valence-corrected chi connectivity index (χ4v) is 3.80. The lowest BCUT2D eigenvalue weighted by atomic mass is 10.1. The summed E-state index contributed by atoms with van der Waals surface area (Å²) in [6, 6.07) is 0. The standard InChI is InChI=1S/C22H42O5S/c1-3-5-7-8-9-10-11-12-13-14-15-16-17-18-19-21(28(24,25)26)22(23)27-20-6-4-2/h12-13,21H,3-11,14-20H2,1-2H3,(H,24,25,26)/b13-12-. The van der Waals surface area contributed by atoms with Gasteiger partial charge in [0, 0.05) is 0 Å². The lowest BCUT2D eigenvalue weighted by Crippen LogP contribution is -2.32. The number of carbonyl (C=O) groups excluding carboxylic acids is 1. The van der Waals surface area contributed by atoms with Crippen molar-refractivity contribution in [2.24, 2.45) is 0 Å². The number of allylic oxidation sites excluding steroid dienone is 2. The molecule has 0 spiro atoms. The zero-order valence-corrected chi connectivity index (χ0v) is 18.9. The van der Waals surface area contributed by atoms with Crippen molar-refractivity contribution >= 4 is 16.1 Å². The Morgan fingerprint density at radius 1 is 0.821 bits per heavy atom. The Hall–Kier alpha value is -0.880. The van der Waals surface area contributed by atoms with Crippen molar-refractivity contribution in [3.8, 4) is 0 Å². The second-order valence-electron chi connectivity index (χ2n) is 7.54. The zero-order valence-electron chi connectivity index (χ0n) is 18.0. The van der Waals surface area contributed by atoms with Crippen LogP contribution in [-0.2, 0) is 19.6 Å². The van der Waals surface area contributed by atoms with Gasteiger partial charge in [-0.1, -0.05) is 83.8 Å². The van der Waals surface area contributed by atoms with Gasteiger partial charge in [-0.2, -0.15) is 8.42 Å². The summed E-state index contributed by atoms with van der Waals surface area (Å²) >= 11 is 0. The van der Waals surface area contributed by atoms with Crippen LogP contribution < -0.4 is 0 Å². The van der Waals surface area contributed by atoms with Gasteiger partial charge in [0.15, 0.2) is 5.25 Å². The van der Waals surface area contributed by atoms with Gasteiger partial charge in [-0.15, -0.1) is 0 Å². The first-order valence-electron chi connectivity index (χ1n) is 11.2. The third kappa shape index (κ3) is 16.1. The third-order valence-electron chi connectivity index (χ3n) is 4.84. The van der Waals surface area contributed by atoms with Crippen LogP contribution in [0.3, 0.4) is 0 Å². The summed E-state index contributed by atoms with van der Waals surface area (Å²) in [7, 11) is -4.40. The van der Waals surface area contributed by atoms with Gasteiger partial charge in [0.1, 0.15) is 0 Å². The van der Waals surface area contributed by atoms with Gasteiger partial charge in [-0.25, -0.2) is 0 Å². The largest absolute Gasteiger partial charge is 0.465 e. The van der Waals surface area contributed by atoms with Crippen LogP contribution in [-0.4, -0.2) is 30.8 Å². The summed E-state index contributed by atoms with van der Waals surface area (Å²) < 4.78 is 37.1. The molecule has 6 heteroatoms. The highest BCUT2D eigenvalue weighted by Crippen LogP contribution is 2.14. The average molecular weight is 419 g/mol. The lowest BCUT2D eigenvalue weighted by molar-refractivity contribution is -0.143. The molecule has 0 saturated carbocycles. The molecule has 28 heavy (non-hydrogen) atoms. The molecule has 1 unspecified atom stereocenters. The lowest BCUT2D eigenvalue weighted by Gasteiger charge is -2.13. The van der Waals surface area contributed by atoms with Gasteiger partial charge in [0.05, 0.1) is 6.61 Å². The summed E-state index contributed by atoms with van der Waals surface area (Å²) in [5.41, 5.74) is 0. The van der Waals surface area contributed by atoms with E-state index in [-0.39, 0.29) is 13.0 Å². The molecule has 0 fully saturated rings. The Bertz CT molecular complexity index is 499. The van der Waals surface area contributed by atoms with Crippen LogP contribution in [0.1, 0.15) is 110 Å². The molecular formula is C22H42O5S. The fraction of sp³-hybridized carbons (Fsp3) is 0.864. The minimum atomic E-state index is -4.40. The first kappa shape index (κ1) is 27.1. The average Bonchev–Trinajstić information content (AvgIpc) is 2.64.